The number of benzene rings is 4. The maximum atomic E-state index is 13.6. The van der Waals surface area contributed by atoms with Gasteiger partial charge in [0.2, 0.25) is 5.91 Å². The van der Waals surface area contributed by atoms with Crippen molar-refractivity contribution < 1.29 is 31.5 Å². The molecule has 0 unspecified atom stereocenters. The van der Waals surface area contributed by atoms with Crippen molar-refractivity contribution in [3.8, 4) is 5.75 Å². The molecular weight excluding hydrogens is 576 g/mol. The van der Waals surface area contributed by atoms with Crippen molar-refractivity contribution in [2.24, 2.45) is 0 Å². The van der Waals surface area contributed by atoms with Gasteiger partial charge in [-0.3, -0.25) is 4.79 Å². The van der Waals surface area contributed by atoms with Gasteiger partial charge in [-0.2, -0.15) is 0 Å². The summed E-state index contributed by atoms with van der Waals surface area (Å²) < 4.78 is 59.9. The van der Waals surface area contributed by atoms with E-state index in [9.17, 15) is 26.8 Å². The molecule has 5 rings (SSSR count). The standard InChI is InChI=1S/C32H31F2N3O5S/c1-36-15-16-37(32(36)39)21-23-7-9-25(10-13-31(38)35-43(40,41)27-11-12-28(33)29(34)20-27)30(19-23)42-17-14-22-6-8-24-4-2-3-5-26(24)18-22/h2-9,11-12,18-20H,10,13-17,21H2,1H3,(H,35,38). The van der Waals surface area contributed by atoms with Gasteiger partial charge in [-0.05, 0) is 58.1 Å². The number of amides is 3. The molecule has 43 heavy (non-hydrogen) atoms. The molecule has 224 valence electrons. The maximum absolute atomic E-state index is 13.6. The van der Waals surface area contributed by atoms with Crippen molar-refractivity contribution in [3.63, 3.8) is 0 Å². The topological polar surface area (TPSA) is 96.0 Å². The third-order valence-electron chi connectivity index (χ3n) is 7.34. The van der Waals surface area contributed by atoms with Crippen molar-refractivity contribution >= 4 is 32.7 Å². The lowest BCUT2D eigenvalue weighted by atomic mass is 10.0. The Labute approximate surface area is 248 Å². The van der Waals surface area contributed by atoms with E-state index in [2.05, 4.69) is 30.3 Å². The number of sulfonamides is 1. The number of halogens is 2. The van der Waals surface area contributed by atoms with Gasteiger partial charge in [-0.25, -0.2) is 26.7 Å². The number of aryl methyl sites for hydroxylation is 1. The molecule has 0 atom stereocenters. The van der Waals surface area contributed by atoms with Crippen LogP contribution in [0.15, 0.2) is 83.8 Å². The zero-order valence-electron chi connectivity index (χ0n) is 23.6. The van der Waals surface area contributed by atoms with Crippen LogP contribution in [-0.4, -0.2) is 56.9 Å². The zero-order valence-corrected chi connectivity index (χ0v) is 24.4. The molecule has 3 amide bonds. The first-order chi connectivity index (χ1) is 20.6. The Morgan fingerprint density at radius 3 is 2.40 bits per heavy atom. The summed E-state index contributed by atoms with van der Waals surface area (Å²) in [5, 5.41) is 2.28. The summed E-state index contributed by atoms with van der Waals surface area (Å²) in [6, 6.07) is 21.9. The highest BCUT2D eigenvalue weighted by Crippen LogP contribution is 2.25. The summed E-state index contributed by atoms with van der Waals surface area (Å²) in [7, 11) is -2.63. The predicted molar refractivity (Wildman–Crippen MR) is 158 cm³/mol. The van der Waals surface area contributed by atoms with Gasteiger partial charge in [0.1, 0.15) is 5.75 Å². The number of likely N-dealkylation sites (N-methyl/N-ethyl adjacent to an activating group) is 1. The second-order valence-electron chi connectivity index (χ2n) is 10.5. The Kier molecular flexibility index (Phi) is 8.91. The van der Waals surface area contributed by atoms with Crippen molar-refractivity contribution in [1.82, 2.24) is 14.5 Å². The van der Waals surface area contributed by atoms with Crippen LogP contribution in [0, 0.1) is 11.6 Å². The van der Waals surface area contributed by atoms with Crippen LogP contribution in [0.5, 0.6) is 5.75 Å². The van der Waals surface area contributed by atoms with E-state index < -0.39 is 32.5 Å². The van der Waals surface area contributed by atoms with Crippen LogP contribution in [0.4, 0.5) is 13.6 Å². The van der Waals surface area contributed by atoms with Crippen molar-refractivity contribution in [1.29, 1.82) is 0 Å². The molecule has 0 bridgehead atoms. The summed E-state index contributed by atoms with van der Waals surface area (Å²) in [4.78, 5) is 27.8. The molecule has 0 aromatic heterocycles. The summed E-state index contributed by atoms with van der Waals surface area (Å²) in [5.74, 6) is -2.79. The second-order valence-corrected chi connectivity index (χ2v) is 12.1. The van der Waals surface area contributed by atoms with Crippen LogP contribution in [0.2, 0.25) is 0 Å². The van der Waals surface area contributed by atoms with Crippen molar-refractivity contribution in [3.05, 3.63) is 107 Å². The first kappa shape index (κ1) is 30.0. The maximum Gasteiger partial charge on any atom is 0.320 e. The van der Waals surface area contributed by atoms with Gasteiger partial charge in [-0.15, -0.1) is 0 Å². The summed E-state index contributed by atoms with van der Waals surface area (Å²) in [6.07, 6.45) is 0.603. The Morgan fingerprint density at radius 2 is 1.65 bits per heavy atom. The van der Waals surface area contributed by atoms with Crippen LogP contribution < -0.4 is 9.46 Å². The second kappa shape index (κ2) is 12.8. The quantitative estimate of drug-likeness (QED) is 0.258. The Morgan fingerprint density at radius 1 is 0.884 bits per heavy atom. The van der Waals surface area contributed by atoms with Crippen LogP contribution in [0.3, 0.4) is 0 Å². The number of nitrogens with zero attached hydrogens (tertiary/aromatic N) is 2. The molecule has 1 N–H and O–H groups in total. The van der Waals surface area contributed by atoms with Crippen molar-refractivity contribution in [2.75, 3.05) is 26.7 Å². The number of urea groups is 1. The van der Waals surface area contributed by atoms with Gasteiger partial charge in [-0.1, -0.05) is 54.6 Å². The summed E-state index contributed by atoms with van der Waals surface area (Å²) in [5.41, 5.74) is 2.65. The fraction of sp³-hybridized carbons (Fsp3) is 0.250. The molecule has 0 saturated carbocycles. The van der Waals surface area contributed by atoms with E-state index in [1.54, 1.807) is 16.8 Å². The van der Waals surface area contributed by atoms with Crippen molar-refractivity contribution in [2.45, 2.75) is 30.7 Å². The lowest BCUT2D eigenvalue weighted by molar-refractivity contribution is -0.119. The Balaban J connectivity index is 1.28. The predicted octanol–water partition coefficient (Wildman–Crippen LogP) is 5.04. The third-order valence-corrected chi connectivity index (χ3v) is 8.71. The minimum atomic E-state index is -4.38. The average Bonchev–Trinajstić information content (AvgIpc) is 3.30. The SMILES string of the molecule is CN1CCN(Cc2ccc(CCC(=O)NS(=O)(=O)c3ccc(F)c(F)c3)c(OCCc3ccc4ccccc4c3)c2)C1=O. The molecule has 0 radical (unpaired) electrons. The number of carbonyl (C=O) groups is 2. The number of nitrogens with one attached hydrogen (secondary N) is 1. The zero-order chi connectivity index (χ0) is 30.6. The lowest BCUT2D eigenvalue weighted by Crippen LogP contribution is -2.30. The van der Waals surface area contributed by atoms with Gasteiger partial charge in [0.25, 0.3) is 10.0 Å². The highest BCUT2D eigenvalue weighted by atomic mass is 32.2. The molecule has 11 heteroatoms. The molecule has 1 saturated heterocycles. The van der Waals surface area contributed by atoms with Crippen LogP contribution in [0.1, 0.15) is 23.1 Å². The number of rotatable bonds is 11. The van der Waals surface area contributed by atoms with Gasteiger partial charge in [0.05, 0.1) is 11.5 Å². The molecular formula is C32H31F2N3O5S. The third kappa shape index (κ3) is 7.29. The lowest BCUT2D eigenvalue weighted by Gasteiger charge is -2.18. The molecule has 8 nitrogen and oxygen atoms in total. The van der Waals surface area contributed by atoms with E-state index in [0.29, 0.717) is 56.1 Å². The fourth-order valence-electron chi connectivity index (χ4n) is 4.93. The largest absolute Gasteiger partial charge is 0.493 e. The highest BCUT2D eigenvalue weighted by Gasteiger charge is 2.25. The van der Waals surface area contributed by atoms with E-state index in [0.717, 1.165) is 28.0 Å². The minimum Gasteiger partial charge on any atom is -0.493 e. The fourth-order valence-corrected chi connectivity index (χ4v) is 5.96. The van der Waals surface area contributed by atoms with E-state index in [4.69, 9.17) is 4.74 Å². The average molecular weight is 608 g/mol. The van der Waals surface area contributed by atoms with Crippen LogP contribution in [-0.2, 0) is 34.2 Å². The minimum absolute atomic E-state index is 0.0539. The van der Waals surface area contributed by atoms with Gasteiger partial charge < -0.3 is 14.5 Å². The number of hydrogen-bond donors (Lipinski definition) is 1. The number of carbonyl (C=O) groups excluding carboxylic acids is 2. The highest BCUT2D eigenvalue weighted by molar-refractivity contribution is 7.90. The van der Waals surface area contributed by atoms with Gasteiger partial charge in [0, 0.05) is 39.5 Å². The Bertz CT molecular complexity index is 1780. The molecule has 1 heterocycles. The monoisotopic (exact) mass is 607 g/mol. The molecule has 1 aliphatic rings. The summed E-state index contributed by atoms with van der Waals surface area (Å²) in [6.45, 7) is 2.02. The van der Waals surface area contributed by atoms with Gasteiger partial charge >= 0.3 is 6.03 Å². The first-order valence-corrected chi connectivity index (χ1v) is 15.3. The molecule has 1 fully saturated rings. The van der Waals surface area contributed by atoms with Crippen LogP contribution >= 0.6 is 0 Å². The summed E-state index contributed by atoms with van der Waals surface area (Å²) >= 11 is 0. The van der Waals surface area contributed by atoms with Crippen LogP contribution in [0.25, 0.3) is 10.8 Å². The molecule has 0 spiro atoms. The van der Waals surface area contributed by atoms with E-state index in [-0.39, 0.29) is 18.9 Å². The molecule has 1 aliphatic heterocycles. The Hall–Kier alpha value is -4.51. The number of hydrogen-bond acceptors (Lipinski definition) is 5. The van der Waals surface area contributed by atoms with E-state index in [1.165, 1.54) is 0 Å². The van der Waals surface area contributed by atoms with Gasteiger partial charge in [0.15, 0.2) is 11.6 Å². The molecule has 4 aromatic rings. The molecule has 4 aromatic carbocycles. The van der Waals surface area contributed by atoms with E-state index in [1.807, 2.05) is 35.1 Å². The smallest absolute Gasteiger partial charge is 0.320 e. The van der Waals surface area contributed by atoms with E-state index >= 15 is 0 Å². The first-order valence-electron chi connectivity index (χ1n) is 13.8. The number of ether oxygens (including phenoxy) is 1. The normalized spacial score (nSPS) is 13.5. The number of fused-ring (bicyclic) bond motifs is 1. The molecule has 0 aliphatic carbocycles.